The number of nitrogens with one attached hydrogen (secondary N) is 1. The Balaban J connectivity index is 1.76. The Morgan fingerprint density at radius 2 is 1.70 bits per heavy atom. The molecule has 0 spiro atoms. The van der Waals surface area contributed by atoms with Crippen molar-refractivity contribution in [3.05, 3.63) is 48.3 Å². The average molecular weight is 472 g/mol. The largest absolute Gasteiger partial charge is 0.530 e. The van der Waals surface area contributed by atoms with E-state index in [0.29, 0.717) is 42.9 Å². The van der Waals surface area contributed by atoms with Gasteiger partial charge in [-0.3, -0.25) is 0 Å². The van der Waals surface area contributed by atoms with Crippen molar-refractivity contribution in [3.8, 4) is 0 Å². The van der Waals surface area contributed by atoms with E-state index in [9.17, 15) is 18.3 Å². The van der Waals surface area contributed by atoms with Gasteiger partial charge in [-0.2, -0.15) is 4.31 Å². The normalized spacial score (nSPS) is 11.6. The van der Waals surface area contributed by atoms with E-state index in [0.717, 1.165) is 10.5 Å². The van der Waals surface area contributed by atoms with E-state index in [2.05, 4.69) is 20.3 Å². The van der Waals surface area contributed by atoms with Gasteiger partial charge in [0.25, 0.3) is 0 Å². The number of carbonyl (C=O) groups excluding carboxylic acids is 1. The molecule has 0 bridgehead atoms. The maximum Gasteiger partial charge on any atom is 0.243 e. The fourth-order valence-electron chi connectivity index (χ4n) is 3.48. The van der Waals surface area contributed by atoms with Crippen molar-refractivity contribution in [2.24, 2.45) is 0 Å². The van der Waals surface area contributed by atoms with Gasteiger partial charge < -0.3 is 20.1 Å². The first-order valence-electron chi connectivity index (χ1n) is 10.7. The molecule has 176 valence electrons. The van der Waals surface area contributed by atoms with Crippen LogP contribution in [0.1, 0.15) is 26.3 Å². The lowest BCUT2D eigenvalue weighted by Gasteiger charge is -2.23. The molecule has 0 saturated heterocycles. The van der Waals surface area contributed by atoms with E-state index in [1.807, 2.05) is 13.8 Å². The Labute approximate surface area is 193 Å². The molecule has 0 saturated carbocycles. The Kier molecular flexibility index (Phi) is 7.77. The number of carboxylic acid groups (broad SMARTS) is 1. The van der Waals surface area contributed by atoms with E-state index in [1.165, 1.54) is 10.5 Å². The number of hydrogen-bond donors (Lipinski definition) is 1. The predicted octanol–water partition coefficient (Wildman–Crippen LogP) is 1.88. The monoisotopic (exact) mass is 471 g/mol. The van der Waals surface area contributed by atoms with Crippen LogP contribution in [0.2, 0.25) is 0 Å². The highest BCUT2D eigenvalue weighted by Crippen LogP contribution is 2.24. The zero-order valence-electron chi connectivity index (χ0n) is 18.9. The van der Waals surface area contributed by atoms with Crippen molar-refractivity contribution in [1.82, 2.24) is 19.3 Å². The first kappa shape index (κ1) is 24.3. The number of nitrogens with zero attached hydrogens (tertiary/aromatic N) is 5. The number of carbonyl (C=O) groups is 1. The Morgan fingerprint density at radius 3 is 2.30 bits per heavy atom. The van der Waals surface area contributed by atoms with Gasteiger partial charge in [-0.05, 0) is 31.0 Å². The number of anilines is 2. The van der Waals surface area contributed by atoms with Crippen LogP contribution in [-0.2, 0) is 16.4 Å². The number of amides is 1. The van der Waals surface area contributed by atoms with E-state index < -0.39 is 16.1 Å². The van der Waals surface area contributed by atoms with Gasteiger partial charge in [-0.1, -0.05) is 26.0 Å². The van der Waals surface area contributed by atoms with Crippen LogP contribution in [0.5, 0.6) is 0 Å². The number of sulfonamides is 1. The Morgan fingerprint density at radius 1 is 1.03 bits per heavy atom. The standard InChI is InChI=1S/C22H28N6O4S/c1-4-27(5-2)33(31,32)17-9-7-16(8-10-17)11-12-23-18-15-19(28(6-3)22(29)30)26-21-20(18)24-13-14-25-21/h7-10,13-15H,4-6,11-12H2,1-3H3,(H,29,30)(H,23,25,26)/p-1. The molecule has 1 amide bonds. The highest BCUT2D eigenvalue weighted by molar-refractivity contribution is 7.89. The van der Waals surface area contributed by atoms with E-state index in [1.54, 1.807) is 43.5 Å². The second kappa shape index (κ2) is 10.5. The van der Waals surface area contributed by atoms with Gasteiger partial charge in [0.05, 0.1) is 10.6 Å². The molecule has 1 N–H and O–H groups in total. The highest BCUT2D eigenvalue weighted by atomic mass is 32.2. The van der Waals surface area contributed by atoms with Crippen molar-refractivity contribution in [2.45, 2.75) is 32.1 Å². The molecular formula is C22H27N6O4S-. The first-order valence-corrected chi connectivity index (χ1v) is 12.2. The maximum atomic E-state index is 12.6. The molecule has 0 aliphatic carbocycles. The smallest absolute Gasteiger partial charge is 0.243 e. The maximum absolute atomic E-state index is 12.6. The number of rotatable bonds is 10. The summed E-state index contributed by atoms with van der Waals surface area (Å²) in [6, 6.07) is 8.43. The molecule has 0 aliphatic rings. The second-order valence-corrected chi connectivity index (χ2v) is 9.11. The predicted molar refractivity (Wildman–Crippen MR) is 124 cm³/mol. The number of pyridine rings is 1. The Bertz CT molecular complexity index is 1210. The average Bonchev–Trinajstić information content (AvgIpc) is 2.80. The van der Waals surface area contributed by atoms with Crippen LogP contribution in [0.15, 0.2) is 47.6 Å². The quantitative estimate of drug-likeness (QED) is 0.474. The molecule has 0 fully saturated rings. The highest BCUT2D eigenvalue weighted by Gasteiger charge is 2.21. The molecule has 0 unspecified atom stereocenters. The summed E-state index contributed by atoms with van der Waals surface area (Å²) in [5.74, 6) is 0.207. The topological polar surface area (TPSA) is 131 Å². The number of hydrogen-bond acceptors (Lipinski definition) is 8. The minimum Gasteiger partial charge on any atom is -0.530 e. The zero-order valence-corrected chi connectivity index (χ0v) is 19.7. The molecular weight excluding hydrogens is 444 g/mol. The van der Waals surface area contributed by atoms with Gasteiger partial charge in [0.1, 0.15) is 17.4 Å². The summed E-state index contributed by atoms with van der Waals surface area (Å²) in [7, 11) is -3.49. The van der Waals surface area contributed by atoms with Crippen LogP contribution in [-0.4, -0.2) is 59.9 Å². The second-order valence-electron chi connectivity index (χ2n) is 7.18. The third kappa shape index (κ3) is 5.37. The Hall–Kier alpha value is -3.31. The summed E-state index contributed by atoms with van der Waals surface area (Å²) in [5.41, 5.74) is 2.40. The van der Waals surface area contributed by atoms with Crippen molar-refractivity contribution >= 4 is 38.8 Å². The van der Waals surface area contributed by atoms with Gasteiger partial charge in [-0.15, -0.1) is 0 Å². The van der Waals surface area contributed by atoms with Crippen LogP contribution >= 0.6 is 0 Å². The van der Waals surface area contributed by atoms with E-state index >= 15 is 0 Å². The molecule has 33 heavy (non-hydrogen) atoms. The summed E-state index contributed by atoms with van der Waals surface area (Å²) in [5, 5.41) is 14.7. The van der Waals surface area contributed by atoms with Crippen molar-refractivity contribution < 1.29 is 18.3 Å². The third-order valence-electron chi connectivity index (χ3n) is 5.24. The van der Waals surface area contributed by atoms with Crippen LogP contribution in [0.4, 0.5) is 16.3 Å². The van der Waals surface area contributed by atoms with Crippen LogP contribution in [0.3, 0.4) is 0 Å². The lowest BCUT2D eigenvalue weighted by atomic mass is 10.1. The fraction of sp³-hybridized carbons (Fsp3) is 0.364. The van der Waals surface area contributed by atoms with Gasteiger partial charge in [0.15, 0.2) is 5.65 Å². The van der Waals surface area contributed by atoms with Crippen molar-refractivity contribution in [3.63, 3.8) is 0 Å². The summed E-state index contributed by atoms with van der Waals surface area (Å²) >= 11 is 0. The molecule has 2 heterocycles. The summed E-state index contributed by atoms with van der Waals surface area (Å²) < 4.78 is 26.7. The summed E-state index contributed by atoms with van der Waals surface area (Å²) in [6.45, 7) is 6.84. The van der Waals surface area contributed by atoms with E-state index in [4.69, 9.17) is 0 Å². The summed E-state index contributed by atoms with van der Waals surface area (Å²) in [4.78, 5) is 25.5. The van der Waals surface area contributed by atoms with Gasteiger partial charge in [-0.25, -0.2) is 23.4 Å². The molecule has 3 aromatic rings. The summed E-state index contributed by atoms with van der Waals surface area (Å²) in [6.07, 6.45) is 2.30. The minimum absolute atomic E-state index is 0.184. The van der Waals surface area contributed by atoms with Crippen molar-refractivity contribution in [1.29, 1.82) is 0 Å². The van der Waals surface area contributed by atoms with Crippen LogP contribution in [0, 0.1) is 0 Å². The molecule has 0 aliphatic heterocycles. The van der Waals surface area contributed by atoms with Gasteiger partial charge >= 0.3 is 0 Å². The molecule has 10 nitrogen and oxygen atoms in total. The van der Waals surface area contributed by atoms with Gasteiger partial charge in [0, 0.05) is 44.6 Å². The minimum atomic E-state index is -3.49. The number of aromatic nitrogens is 3. The SMILES string of the molecule is CCN(C(=O)[O-])c1cc(NCCc2ccc(S(=O)(=O)N(CC)CC)cc2)c2nccnc2n1. The molecule has 0 radical (unpaired) electrons. The molecule has 1 aromatic carbocycles. The van der Waals surface area contributed by atoms with Crippen LogP contribution < -0.4 is 15.3 Å². The third-order valence-corrected chi connectivity index (χ3v) is 7.30. The number of fused-ring (bicyclic) bond motifs is 1. The first-order chi connectivity index (χ1) is 15.8. The lowest BCUT2D eigenvalue weighted by molar-refractivity contribution is -0.246. The van der Waals surface area contributed by atoms with Gasteiger partial charge in [0.2, 0.25) is 10.0 Å². The molecule has 3 rings (SSSR count). The zero-order chi connectivity index (χ0) is 24.0. The van der Waals surface area contributed by atoms with E-state index in [-0.39, 0.29) is 17.3 Å². The molecule has 0 atom stereocenters. The molecule has 2 aromatic heterocycles. The molecule has 11 heteroatoms. The number of benzene rings is 1. The lowest BCUT2D eigenvalue weighted by Crippen LogP contribution is -2.41. The van der Waals surface area contributed by atoms with Crippen LogP contribution in [0.25, 0.3) is 11.2 Å². The fourth-order valence-corrected chi connectivity index (χ4v) is 4.94. The van der Waals surface area contributed by atoms with Crippen molar-refractivity contribution in [2.75, 3.05) is 36.4 Å².